The Morgan fingerprint density at radius 3 is 2.37 bits per heavy atom. The molecule has 38 heavy (non-hydrogen) atoms. The van der Waals surface area contributed by atoms with Gasteiger partial charge in [0.15, 0.2) is 0 Å². The number of oxime groups is 1. The lowest BCUT2D eigenvalue weighted by molar-refractivity contribution is -0.202. The van der Waals surface area contributed by atoms with Crippen LogP contribution in [0, 0.1) is 6.92 Å². The molecule has 0 aliphatic rings. The third-order valence-corrected chi connectivity index (χ3v) is 6.72. The van der Waals surface area contributed by atoms with Crippen LogP contribution >= 0.6 is 11.6 Å². The molecule has 0 fully saturated rings. The molecular formula is C22H24ClF3N4O7S. The summed E-state index contributed by atoms with van der Waals surface area (Å²) in [6.07, 6.45) is -5.48. The Bertz CT molecular complexity index is 1270. The molecule has 0 aliphatic carbocycles. The van der Waals surface area contributed by atoms with Gasteiger partial charge in [0.2, 0.25) is 16.0 Å². The summed E-state index contributed by atoms with van der Waals surface area (Å²) >= 11 is 5.97. The molecule has 16 heteroatoms. The third-order valence-electron chi connectivity index (χ3n) is 4.70. The largest absolute Gasteiger partial charge is 0.493 e. The first-order valence-electron chi connectivity index (χ1n) is 10.7. The maximum absolute atomic E-state index is 12.9. The van der Waals surface area contributed by atoms with Gasteiger partial charge >= 0.3 is 18.1 Å². The number of sulfonamides is 1. The smallest absolute Gasteiger partial charge is 0.491 e. The second kappa shape index (κ2) is 13.3. The van der Waals surface area contributed by atoms with Crippen LogP contribution in [0.3, 0.4) is 0 Å². The molecule has 0 aliphatic heterocycles. The minimum atomic E-state index is -5.46. The normalized spacial score (nSPS) is 12.3. The highest BCUT2D eigenvalue weighted by molar-refractivity contribution is 7.89. The fraction of sp³-hybridized carbons (Fsp3) is 0.318. The number of esters is 2. The highest BCUT2D eigenvalue weighted by Gasteiger charge is 2.44. The number of benzene rings is 2. The van der Waals surface area contributed by atoms with Gasteiger partial charge in [0.1, 0.15) is 18.4 Å². The van der Waals surface area contributed by atoms with Crippen molar-refractivity contribution in [3.05, 3.63) is 58.6 Å². The predicted molar refractivity (Wildman–Crippen MR) is 129 cm³/mol. The molecule has 0 spiro atoms. The average molecular weight is 581 g/mol. The number of hydrogen-bond acceptors (Lipinski definition) is 8. The summed E-state index contributed by atoms with van der Waals surface area (Å²) < 4.78 is 75.2. The first-order valence-corrected chi connectivity index (χ1v) is 12.6. The zero-order valence-corrected chi connectivity index (χ0v) is 21.4. The van der Waals surface area contributed by atoms with Crippen molar-refractivity contribution in [2.45, 2.75) is 36.9 Å². The number of ether oxygens (including phenoxy) is 2. The number of nitrogens with zero attached hydrogens (tertiary/aromatic N) is 1. The predicted octanol–water partition coefficient (Wildman–Crippen LogP) is 2.14. The van der Waals surface area contributed by atoms with Gasteiger partial charge in [-0.2, -0.15) is 17.9 Å². The molecule has 11 nitrogen and oxygen atoms in total. The number of nitrogens with two attached hydrogens (primary N) is 2. The van der Waals surface area contributed by atoms with E-state index in [4.69, 9.17) is 32.6 Å². The first kappa shape index (κ1) is 30.7. The number of carbonyl (C=O) groups is 2. The standard InChI is InChI=1S/C22H24ClF3N4O7S/c1-13-16(23)4-2-5-18(13)38(33,34)30-17(19(31)37-20(32)22(24,25)26)12-14-6-8-15(9-7-14)35-10-3-11-36-29-21(27)28/h2,4-9,17,30H,3,10-12H2,1H3,(H4,27,28,29)/t17-/m0/s1. The van der Waals surface area contributed by atoms with Crippen molar-refractivity contribution in [1.82, 2.24) is 4.72 Å². The molecule has 1 atom stereocenters. The highest BCUT2D eigenvalue weighted by Crippen LogP contribution is 2.24. The van der Waals surface area contributed by atoms with Crippen LogP contribution < -0.4 is 20.9 Å². The number of rotatable bonds is 12. The van der Waals surface area contributed by atoms with Crippen LogP contribution in [0.1, 0.15) is 17.5 Å². The van der Waals surface area contributed by atoms with Crippen molar-refractivity contribution in [2.75, 3.05) is 13.2 Å². The van der Waals surface area contributed by atoms with Crippen LogP contribution in [-0.4, -0.2) is 51.7 Å². The van der Waals surface area contributed by atoms with Gasteiger partial charge in [0, 0.05) is 11.4 Å². The Morgan fingerprint density at radius 1 is 1.11 bits per heavy atom. The Labute approximate surface area is 220 Å². The van der Waals surface area contributed by atoms with E-state index in [0.717, 1.165) is 0 Å². The summed E-state index contributed by atoms with van der Waals surface area (Å²) in [5, 5.41) is 3.46. The minimum Gasteiger partial charge on any atom is -0.493 e. The molecule has 2 aromatic carbocycles. The lowest BCUT2D eigenvalue weighted by atomic mass is 10.1. The third kappa shape index (κ3) is 9.39. The van der Waals surface area contributed by atoms with Crippen molar-refractivity contribution < 1.29 is 45.5 Å². The molecule has 0 saturated carbocycles. The molecular weight excluding hydrogens is 557 g/mol. The van der Waals surface area contributed by atoms with E-state index in [1.807, 2.05) is 4.72 Å². The average Bonchev–Trinajstić information content (AvgIpc) is 2.82. The Morgan fingerprint density at radius 2 is 1.76 bits per heavy atom. The molecule has 0 aromatic heterocycles. The van der Waals surface area contributed by atoms with Crippen molar-refractivity contribution >= 4 is 39.5 Å². The van der Waals surface area contributed by atoms with Crippen LogP contribution in [0.4, 0.5) is 13.2 Å². The van der Waals surface area contributed by atoms with Gasteiger partial charge in [-0.1, -0.05) is 29.8 Å². The van der Waals surface area contributed by atoms with Gasteiger partial charge in [-0.3, -0.25) is 0 Å². The summed E-state index contributed by atoms with van der Waals surface area (Å²) in [7, 11) is -4.47. The molecule has 0 unspecified atom stereocenters. The molecule has 0 heterocycles. The highest BCUT2D eigenvalue weighted by atomic mass is 35.5. The lowest BCUT2D eigenvalue weighted by Crippen LogP contribution is -2.45. The molecule has 2 rings (SSSR count). The molecule has 2 aromatic rings. The van der Waals surface area contributed by atoms with Crippen LogP contribution in [0.25, 0.3) is 0 Å². The summed E-state index contributed by atoms with van der Waals surface area (Å²) in [5.74, 6) is -4.34. The van der Waals surface area contributed by atoms with E-state index >= 15 is 0 Å². The minimum absolute atomic E-state index is 0.109. The van der Waals surface area contributed by atoms with Gasteiger partial charge in [-0.05, 0) is 53.9 Å². The summed E-state index contributed by atoms with van der Waals surface area (Å²) in [5.41, 5.74) is 10.7. The van der Waals surface area contributed by atoms with Crippen LogP contribution in [0.15, 0.2) is 52.5 Å². The molecule has 0 bridgehead atoms. The maximum Gasteiger partial charge on any atom is 0.491 e. The summed E-state index contributed by atoms with van der Waals surface area (Å²) in [6, 6.07) is 7.98. The van der Waals surface area contributed by atoms with Gasteiger partial charge in [-0.15, -0.1) is 0 Å². The fourth-order valence-corrected chi connectivity index (χ4v) is 4.60. The summed E-state index contributed by atoms with van der Waals surface area (Å²) in [4.78, 5) is 28.1. The zero-order chi connectivity index (χ0) is 28.5. The fourth-order valence-electron chi connectivity index (χ4n) is 2.91. The van der Waals surface area contributed by atoms with Gasteiger partial charge in [-0.25, -0.2) is 18.0 Å². The van der Waals surface area contributed by atoms with Crippen molar-refractivity contribution in [3.8, 4) is 5.75 Å². The van der Waals surface area contributed by atoms with Gasteiger partial charge in [0.05, 0.1) is 11.5 Å². The molecule has 0 saturated heterocycles. The second-order valence-corrected chi connectivity index (χ2v) is 9.73. The Hall–Kier alpha value is -3.56. The van der Waals surface area contributed by atoms with Crippen molar-refractivity contribution in [2.24, 2.45) is 16.6 Å². The lowest BCUT2D eigenvalue weighted by Gasteiger charge is -2.19. The Kier molecular flexibility index (Phi) is 10.7. The molecule has 0 radical (unpaired) electrons. The van der Waals surface area contributed by atoms with E-state index < -0.39 is 40.6 Å². The van der Waals surface area contributed by atoms with E-state index in [1.54, 1.807) is 0 Å². The number of alkyl halides is 3. The SMILES string of the molecule is Cc1c(Cl)cccc1S(=O)(=O)N[C@@H](Cc1ccc(OCCCON=C(N)N)cc1)C(=O)OC(=O)C(F)(F)F. The van der Waals surface area contributed by atoms with Gasteiger partial charge < -0.3 is 25.8 Å². The van der Waals surface area contributed by atoms with Crippen molar-refractivity contribution in [1.29, 1.82) is 0 Å². The maximum atomic E-state index is 12.9. The van der Waals surface area contributed by atoms with Crippen LogP contribution in [-0.2, 0) is 35.6 Å². The van der Waals surface area contributed by atoms with Crippen LogP contribution in [0.2, 0.25) is 5.02 Å². The van der Waals surface area contributed by atoms with E-state index in [1.165, 1.54) is 49.4 Å². The number of halogens is 4. The summed E-state index contributed by atoms with van der Waals surface area (Å²) in [6.45, 7) is 1.82. The van der Waals surface area contributed by atoms with E-state index in [2.05, 4.69) is 9.89 Å². The number of carbonyl (C=O) groups excluding carboxylic acids is 2. The quantitative estimate of drug-likeness (QED) is 0.0849. The first-order chi connectivity index (χ1) is 17.7. The van der Waals surface area contributed by atoms with E-state index in [-0.39, 0.29) is 34.7 Å². The number of nitrogens with one attached hydrogen (secondary N) is 1. The second-order valence-electron chi connectivity index (χ2n) is 7.64. The Balaban J connectivity index is 2.17. The van der Waals surface area contributed by atoms with Crippen molar-refractivity contribution in [3.63, 3.8) is 0 Å². The van der Waals surface area contributed by atoms with Gasteiger partial charge in [0.25, 0.3) is 0 Å². The number of hydrogen-bond donors (Lipinski definition) is 3. The van der Waals surface area contributed by atoms with Crippen LogP contribution in [0.5, 0.6) is 5.75 Å². The molecule has 5 N–H and O–H groups in total. The van der Waals surface area contributed by atoms with E-state index in [0.29, 0.717) is 17.7 Å². The van der Waals surface area contributed by atoms with E-state index in [9.17, 15) is 31.2 Å². The topological polar surface area (TPSA) is 172 Å². The molecule has 208 valence electrons. The zero-order valence-electron chi connectivity index (χ0n) is 19.8. The number of guanidine groups is 1. The monoisotopic (exact) mass is 580 g/mol. The molecule has 0 amide bonds.